The highest BCUT2D eigenvalue weighted by atomic mass is 16.5. The second-order valence-electron chi connectivity index (χ2n) is 3.52. The first-order valence-corrected chi connectivity index (χ1v) is 4.83. The second kappa shape index (κ2) is 5.32. The number of hydrogen-bond donors (Lipinski definition) is 1. The lowest BCUT2D eigenvalue weighted by molar-refractivity contribution is 0.397. The molecule has 15 heavy (non-hydrogen) atoms. The van der Waals surface area contributed by atoms with Crippen LogP contribution in [0.3, 0.4) is 0 Å². The molecule has 0 saturated heterocycles. The van der Waals surface area contributed by atoms with Gasteiger partial charge in [0, 0.05) is 23.9 Å². The molecule has 0 aliphatic carbocycles. The van der Waals surface area contributed by atoms with E-state index in [9.17, 15) is 0 Å². The molecule has 1 heterocycles. The lowest BCUT2D eigenvalue weighted by Crippen LogP contribution is -2.27. The summed E-state index contributed by atoms with van der Waals surface area (Å²) in [4.78, 5) is 4.06. The van der Waals surface area contributed by atoms with Crippen molar-refractivity contribution < 1.29 is 4.74 Å². The van der Waals surface area contributed by atoms with Crippen LogP contribution in [0.1, 0.15) is 25.5 Å². The van der Waals surface area contributed by atoms with E-state index >= 15 is 0 Å². The van der Waals surface area contributed by atoms with Crippen LogP contribution in [0.25, 0.3) is 0 Å². The monoisotopic (exact) mass is 205 g/mol. The maximum Gasteiger partial charge on any atom is 0.212 e. The Kier molecular flexibility index (Phi) is 4.07. The normalized spacial score (nSPS) is 12.2. The number of methoxy groups -OCH3 is 1. The maximum atomic E-state index is 8.98. The number of nitrogens with one attached hydrogen (secondary N) is 1. The fraction of sp³-hybridized carbons (Fsp3) is 0.455. The van der Waals surface area contributed by atoms with E-state index in [0.717, 1.165) is 5.56 Å². The number of nitriles is 1. The van der Waals surface area contributed by atoms with E-state index in [1.807, 2.05) is 19.9 Å². The lowest BCUT2D eigenvalue weighted by Gasteiger charge is -2.14. The third kappa shape index (κ3) is 3.22. The van der Waals surface area contributed by atoms with Crippen molar-refractivity contribution in [3.05, 3.63) is 23.9 Å². The highest BCUT2D eigenvalue weighted by Crippen LogP contribution is 2.14. The minimum Gasteiger partial charge on any atom is -0.481 e. The zero-order chi connectivity index (χ0) is 11.3. The molecule has 0 aromatic carbocycles. The van der Waals surface area contributed by atoms with Gasteiger partial charge in [-0.2, -0.15) is 5.26 Å². The number of hydrogen-bond acceptors (Lipinski definition) is 4. The Labute approximate surface area is 89.9 Å². The van der Waals surface area contributed by atoms with Crippen LogP contribution in [-0.2, 0) is 0 Å². The van der Waals surface area contributed by atoms with Crippen LogP contribution in [0.2, 0.25) is 0 Å². The molecule has 4 nitrogen and oxygen atoms in total. The Morgan fingerprint density at radius 1 is 1.47 bits per heavy atom. The van der Waals surface area contributed by atoms with Gasteiger partial charge in [-0.25, -0.2) is 4.98 Å². The van der Waals surface area contributed by atoms with E-state index < -0.39 is 0 Å². The zero-order valence-corrected chi connectivity index (χ0v) is 9.19. The molecule has 0 aliphatic rings. The average molecular weight is 205 g/mol. The Balaban J connectivity index is 2.80. The molecule has 1 atom stereocenters. The van der Waals surface area contributed by atoms with Gasteiger partial charge in [0.05, 0.1) is 13.2 Å². The van der Waals surface area contributed by atoms with E-state index in [4.69, 9.17) is 10.00 Å². The fourth-order valence-corrected chi connectivity index (χ4v) is 1.22. The standard InChI is InChI=1S/C11H15N3O/c1-8(2)14-10(6-12)9-4-5-11(15-3)13-7-9/h4-5,7-8,10,14H,1-3H3. The molecule has 0 spiro atoms. The summed E-state index contributed by atoms with van der Waals surface area (Å²) in [5.41, 5.74) is 0.854. The van der Waals surface area contributed by atoms with E-state index in [0.29, 0.717) is 5.88 Å². The van der Waals surface area contributed by atoms with Crippen molar-refractivity contribution in [2.75, 3.05) is 7.11 Å². The summed E-state index contributed by atoms with van der Waals surface area (Å²) < 4.78 is 4.95. The SMILES string of the molecule is COc1ccc(C(C#N)NC(C)C)cn1. The number of ether oxygens (including phenoxy) is 1. The minimum atomic E-state index is -0.316. The average Bonchev–Trinajstić information content (AvgIpc) is 2.26. The Morgan fingerprint density at radius 3 is 2.60 bits per heavy atom. The molecule has 1 aromatic rings. The van der Waals surface area contributed by atoms with Crippen molar-refractivity contribution in [3.8, 4) is 11.9 Å². The van der Waals surface area contributed by atoms with Gasteiger partial charge in [-0.1, -0.05) is 0 Å². The molecule has 0 bridgehead atoms. The molecule has 1 rings (SSSR count). The van der Waals surface area contributed by atoms with E-state index in [2.05, 4.69) is 16.4 Å². The predicted molar refractivity (Wildman–Crippen MR) is 57.4 cm³/mol. The largest absolute Gasteiger partial charge is 0.481 e. The predicted octanol–water partition coefficient (Wildman–Crippen LogP) is 1.65. The molecule has 0 aliphatic heterocycles. The van der Waals surface area contributed by atoms with Crippen molar-refractivity contribution >= 4 is 0 Å². The van der Waals surface area contributed by atoms with Gasteiger partial charge in [0.1, 0.15) is 6.04 Å². The Bertz CT molecular complexity index is 340. The number of aromatic nitrogens is 1. The van der Waals surface area contributed by atoms with Gasteiger partial charge in [-0.15, -0.1) is 0 Å². The van der Waals surface area contributed by atoms with Gasteiger partial charge in [0.15, 0.2) is 0 Å². The first kappa shape index (κ1) is 11.5. The highest BCUT2D eigenvalue weighted by molar-refractivity contribution is 5.24. The lowest BCUT2D eigenvalue weighted by atomic mass is 10.1. The fourth-order valence-electron chi connectivity index (χ4n) is 1.22. The molecule has 1 N–H and O–H groups in total. The van der Waals surface area contributed by atoms with Gasteiger partial charge in [-0.3, -0.25) is 5.32 Å². The van der Waals surface area contributed by atoms with Gasteiger partial charge < -0.3 is 4.74 Å². The van der Waals surface area contributed by atoms with E-state index in [-0.39, 0.29) is 12.1 Å². The molecule has 1 aromatic heterocycles. The molecular weight excluding hydrogens is 190 g/mol. The van der Waals surface area contributed by atoms with Crippen LogP contribution < -0.4 is 10.1 Å². The molecule has 0 fully saturated rings. The molecule has 0 amide bonds. The van der Waals surface area contributed by atoms with Crippen LogP contribution in [-0.4, -0.2) is 18.1 Å². The van der Waals surface area contributed by atoms with Crippen molar-refractivity contribution in [1.29, 1.82) is 5.26 Å². The quantitative estimate of drug-likeness (QED) is 0.812. The Morgan fingerprint density at radius 2 is 2.20 bits per heavy atom. The highest BCUT2D eigenvalue weighted by Gasteiger charge is 2.11. The van der Waals surface area contributed by atoms with E-state index in [1.54, 1.807) is 19.4 Å². The summed E-state index contributed by atoms with van der Waals surface area (Å²) in [6, 6.07) is 5.73. The third-order valence-electron chi connectivity index (χ3n) is 1.93. The Hall–Kier alpha value is -1.60. The number of pyridine rings is 1. The molecule has 80 valence electrons. The van der Waals surface area contributed by atoms with Gasteiger partial charge in [-0.05, 0) is 19.9 Å². The topological polar surface area (TPSA) is 57.9 Å². The van der Waals surface area contributed by atoms with Crippen LogP contribution in [0, 0.1) is 11.3 Å². The van der Waals surface area contributed by atoms with Crippen molar-refractivity contribution in [2.45, 2.75) is 25.9 Å². The molecule has 0 saturated carbocycles. The van der Waals surface area contributed by atoms with Gasteiger partial charge in [0.2, 0.25) is 5.88 Å². The van der Waals surface area contributed by atoms with Crippen molar-refractivity contribution in [1.82, 2.24) is 10.3 Å². The summed E-state index contributed by atoms with van der Waals surface area (Å²) in [6.45, 7) is 4.00. The second-order valence-corrected chi connectivity index (χ2v) is 3.52. The maximum absolute atomic E-state index is 8.98. The molecule has 0 radical (unpaired) electrons. The van der Waals surface area contributed by atoms with Gasteiger partial charge in [0.25, 0.3) is 0 Å². The summed E-state index contributed by atoms with van der Waals surface area (Å²) in [6.07, 6.45) is 1.65. The molecule has 1 unspecified atom stereocenters. The van der Waals surface area contributed by atoms with Gasteiger partial charge >= 0.3 is 0 Å². The summed E-state index contributed by atoms with van der Waals surface area (Å²) in [7, 11) is 1.57. The smallest absolute Gasteiger partial charge is 0.212 e. The minimum absolute atomic E-state index is 0.261. The van der Waals surface area contributed by atoms with Crippen LogP contribution in [0.5, 0.6) is 5.88 Å². The molecule has 4 heteroatoms. The zero-order valence-electron chi connectivity index (χ0n) is 9.19. The summed E-state index contributed by atoms with van der Waals surface area (Å²) in [5.74, 6) is 0.556. The summed E-state index contributed by atoms with van der Waals surface area (Å²) in [5, 5.41) is 12.1. The first-order valence-electron chi connectivity index (χ1n) is 4.83. The van der Waals surface area contributed by atoms with Crippen molar-refractivity contribution in [3.63, 3.8) is 0 Å². The van der Waals surface area contributed by atoms with Crippen LogP contribution in [0.4, 0.5) is 0 Å². The number of rotatable bonds is 4. The summed E-state index contributed by atoms with van der Waals surface area (Å²) >= 11 is 0. The third-order valence-corrected chi connectivity index (χ3v) is 1.93. The number of nitrogens with zero attached hydrogens (tertiary/aromatic N) is 2. The van der Waals surface area contributed by atoms with Crippen molar-refractivity contribution in [2.24, 2.45) is 0 Å². The van der Waals surface area contributed by atoms with Crippen LogP contribution in [0.15, 0.2) is 18.3 Å². The van der Waals surface area contributed by atoms with E-state index in [1.165, 1.54) is 0 Å². The molecular formula is C11H15N3O. The van der Waals surface area contributed by atoms with Crippen LogP contribution >= 0.6 is 0 Å². The first-order chi connectivity index (χ1) is 7.17.